The van der Waals surface area contributed by atoms with Crippen LogP contribution in [0.15, 0.2) is 24.3 Å². The summed E-state index contributed by atoms with van der Waals surface area (Å²) in [5.41, 5.74) is 2.43. The number of aromatic nitrogens is 1. The smallest absolute Gasteiger partial charge is 0.123 e. The van der Waals surface area contributed by atoms with Gasteiger partial charge < -0.3 is 10.1 Å². The molecule has 0 saturated heterocycles. The maximum absolute atomic E-state index is 5.16. The molecule has 0 bridgehead atoms. The molecule has 1 aliphatic rings. The Balaban J connectivity index is 1.94. The van der Waals surface area contributed by atoms with Crippen molar-refractivity contribution in [3.05, 3.63) is 34.8 Å². The average Bonchev–Trinajstić information content (AvgIpc) is 2.82. The largest absolute Gasteiger partial charge is 0.497 e. The van der Waals surface area contributed by atoms with Gasteiger partial charge >= 0.3 is 0 Å². The molecule has 1 aromatic carbocycles. The SMILES string of the molecule is COc1ccc(-c2nc3c(s2)CNCC3)cc1. The van der Waals surface area contributed by atoms with E-state index >= 15 is 0 Å². The minimum absolute atomic E-state index is 0.886. The Labute approximate surface area is 104 Å². The number of ether oxygens (including phenoxy) is 1. The van der Waals surface area contributed by atoms with Gasteiger partial charge in [0.15, 0.2) is 0 Å². The predicted molar refractivity (Wildman–Crippen MR) is 69.5 cm³/mol. The summed E-state index contributed by atoms with van der Waals surface area (Å²) in [5, 5.41) is 4.49. The fourth-order valence-electron chi connectivity index (χ4n) is 1.98. The lowest BCUT2D eigenvalue weighted by Gasteiger charge is -2.09. The zero-order chi connectivity index (χ0) is 11.7. The Morgan fingerprint density at radius 1 is 1.29 bits per heavy atom. The minimum Gasteiger partial charge on any atom is -0.497 e. The van der Waals surface area contributed by atoms with Gasteiger partial charge in [0.2, 0.25) is 0 Å². The number of hydrogen-bond acceptors (Lipinski definition) is 4. The standard InChI is InChI=1S/C13H14N2OS/c1-16-10-4-2-9(3-5-10)13-15-11-6-7-14-8-12(11)17-13/h2-5,14H,6-8H2,1H3. The van der Waals surface area contributed by atoms with Crippen molar-refractivity contribution in [2.75, 3.05) is 13.7 Å². The molecular formula is C13H14N2OS. The molecule has 0 radical (unpaired) electrons. The lowest BCUT2D eigenvalue weighted by atomic mass is 10.2. The van der Waals surface area contributed by atoms with Gasteiger partial charge in [0.05, 0.1) is 12.8 Å². The Kier molecular flexibility index (Phi) is 2.82. The number of nitrogens with zero attached hydrogens (tertiary/aromatic N) is 1. The summed E-state index contributed by atoms with van der Waals surface area (Å²) in [7, 11) is 1.68. The summed E-state index contributed by atoms with van der Waals surface area (Å²) in [5.74, 6) is 0.886. The third-order valence-electron chi connectivity index (χ3n) is 2.94. The summed E-state index contributed by atoms with van der Waals surface area (Å²) >= 11 is 1.79. The molecule has 0 fully saturated rings. The summed E-state index contributed by atoms with van der Waals surface area (Å²) in [4.78, 5) is 6.09. The van der Waals surface area contributed by atoms with Gasteiger partial charge in [-0.3, -0.25) is 0 Å². The van der Waals surface area contributed by atoms with Gasteiger partial charge in [0, 0.05) is 30.0 Å². The molecule has 2 heterocycles. The molecule has 3 nitrogen and oxygen atoms in total. The first-order valence-electron chi connectivity index (χ1n) is 5.70. The van der Waals surface area contributed by atoms with E-state index in [0.717, 1.165) is 30.3 Å². The number of nitrogens with one attached hydrogen (secondary N) is 1. The highest BCUT2D eigenvalue weighted by atomic mass is 32.1. The van der Waals surface area contributed by atoms with Gasteiger partial charge in [-0.05, 0) is 24.3 Å². The van der Waals surface area contributed by atoms with Crippen LogP contribution in [0.4, 0.5) is 0 Å². The van der Waals surface area contributed by atoms with E-state index in [1.165, 1.54) is 16.1 Å². The van der Waals surface area contributed by atoms with Crippen molar-refractivity contribution >= 4 is 11.3 Å². The van der Waals surface area contributed by atoms with Gasteiger partial charge in [0.25, 0.3) is 0 Å². The van der Waals surface area contributed by atoms with Crippen molar-refractivity contribution in [2.45, 2.75) is 13.0 Å². The van der Waals surface area contributed by atoms with Crippen molar-refractivity contribution < 1.29 is 4.74 Å². The number of benzene rings is 1. The number of hydrogen-bond donors (Lipinski definition) is 1. The van der Waals surface area contributed by atoms with Crippen LogP contribution >= 0.6 is 11.3 Å². The van der Waals surface area contributed by atoms with E-state index in [-0.39, 0.29) is 0 Å². The molecule has 0 spiro atoms. The maximum atomic E-state index is 5.16. The van der Waals surface area contributed by atoms with E-state index in [0.29, 0.717) is 0 Å². The minimum atomic E-state index is 0.886. The van der Waals surface area contributed by atoms with Crippen LogP contribution in [0.5, 0.6) is 5.75 Å². The van der Waals surface area contributed by atoms with Crippen molar-refractivity contribution in [3.63, 3.8) is 0 Å². The fourth-order valence-corrected chi connectivity index (χ4v) is 3.07. The lowest BCUT2D eigenvalue weighted by molar-refractivity contribution is 0.415. The van der Waals surface area contributed by atoms with Crippen LogP contribution < -0.4 is 10.1 Å². The lowest BCUT2D eigenvalue weighted by Crippen LogP contribution is -2.22. The van der Waals surface area contributed by atoms with Gasteiger partial charge in [-0.25, -0.2) is 4.98 Å². The first-order chi connectivity index (χ1) is 8.36. The van der Waals surface area contributed by atoms with Crippen molar-refractivity contribution in [1.29, 1.82) is 0 Å². The molecule has 0 atom stereocenters. The maximum Gasteiger partial charge on any atom is 0.123 e. The Morgan fingerprint density at radius 3 is 2.82 bits per heavy atom. The van der Waals surface area contributed by atoms with Crippen molar-refractivity contribution in [3.8, 4) is 16.3 Å². The van der Waals surface area contributed by atoms with Crippen LogP contribution in [0, 0.1) is 0 Å². The first kappa shape index (κ1) is 10.7. The van der Waals surface area contributed by atoms with Gasteiger partial charge in [0.1, 0.15) is 10.8 Å². The van der Waals surface area contributed by atoms with Crippen LogP contribution in [0.2, 0.25) is 0 Å². The second-order valence-electron chi connectivity index (χ2n) is 4.04. The third kappa shape index (κ3) is 2.06. The average molecular weight is 246 g/mol. The van der Waals surface area contributed by atoms with E-state index in [9.17, 15) is 0 Å². The van der Waals surface area contributed by atoms with E-state index < -0.39 is 0 Å². The molecule has 1 aromatic heterocycles. The zero-order valence-electron chi connectivity index (χ0n) is 9.69. The molecule has 3 rings (SSSR count). The van der Waals surface area contributed by atoms with Crippen LogP contribution in [-0.2, 0) is 13.0 Å². The molecule has 17 heavy (non-hydrogen) atoms. The van der Waals surface area contributed by atoms with E-state index in [4.69, 9.17) is 9.72 Å². The quantitative estimate of drug-likeness (QED) is 0.884. The summed E-state index contributed by atoms with van der Waals surface area (Å²) in [6, 6.07) is 8.09. The Morgan fingerprint density at radius 2 is 2.12 bits per heavy atom. The second-order valence-corrected chi connectivity index (χ2v) is 5.13. The Hall–Kier alpha value is -1.39. The topological polar surface area (TPSA) is 34.1 Å². The summed E-state index contributed by atoms with van der Waals surface area (Å²) < 4.78 is 5.16. The van der Waals surface area contributed by atoms with Crippen LogP contribution in [0.1, 0.15) is 10.6 Å². The monoisotopic (exact) mass is 246 g/mol. The van der Waals surface area contributed by atoms with E-state index in [1.54, 1.807) is 18.4 Å². The molecule has 0 unspecified atom stereocenters. The molecule has 0 aliphatic carbocycles. The van der Waals surface area contributed by atoms with E-state index in [2.05, 4.69) is 17.4 Å². The molecule has 2 aromatic rings. The summed E-state index contributed by atoms with van der Waals surface area (Å²) in [6.07, 6.45) is 1.04. The number of thiazole rings is 1. The van der Waals surface area contributed by atoms with Gasteiger partial charge in [-0.1, -0.05) is 0 Å². The van der Waals surface area contributed by atoms with E-state index in [1.807, 2.05) is 12.1 Å². The van der Waals surface area contributed by atoms with Crippen molar-refractivity contribution in [2.24, 2.45) is 0 Å². The molecule has 1 N–H and O–H groups in total. The first-order valence-corrected chi connectivity index (χ1v) is 6.52. The normalized spacial score (nSPS) is 14.4. The number of fused-ring (bicyclic) bond motifs is 1. The van der Waals surface area contributed by atoms with Crippen molar-refractivity contribution in [1.82, 2.24) is 10.3 Å². The molecule has 4 heteroatoms. The fraction of sp³-hybridized carbons (Fsp3) is 0.308. The number of rotatable bonds is 2. The number of methoxy groups -OCH3 is 1. The highest BCUT2D eigenvalue weighted by Crippen LogP contribution is 2.30. The summed E-state index contributed by atoms with van der Waals surface area (Å²) in [6.45, 7) is 2.00. The van der Waals surface area contributed by atoms with Crippen LogP contribution in [-0.4, -0.2) is 18.6 Å². The molecule has 0 saturated carbocycles. The molecule has 88 valence electrons. The molecular weight excluding hydrogens is 232 g/mol. The Bertz CT molecular complexity index is 495. The highest BCUT2D eigenvalue weighted by molar-refractivity contribution is 7.15. The highest BCUT2D eigenvalue weighted by Gasteiger charge is 2.15. The molecule has 0 amide bonds. The molecule has 1 aliphatic heterocycles. The van der Waals surface area contributed by atoms with Gasteiger partial charge in [-0.15, -0.1) is 11.3 Å². The van der Waals surface area contributed by atoms with Gasteiger partial charge in [-0.2, -0.15) is 0 Å². The second kappa shape index (κ2) is 4.47. The third-order valence-corrected chi connectivity index (χ3v) is 4.09. The predicted octanol–water partition coefficient (Wildman–Crippen LogP) is 2.46. The van der Waals surface area contributed by atoms with Crippen LogP contribution in [0.3, 0.4) is 0 Å². The zero-order valence-corrected chi connectivity index (χ0v) is 10.5. The van der Waals surface area contributed by atoms with Crippen LogP contribution in [0.25, 0.3) is 10.6 Å².